The van der Waals surface area contributed by atoms with Crippen molar-refractivity contribution < 1.29 is 25.8 Å². The molecule has 0 bridgehead atoms. The summed E-state index contributed by atoms with van der Waals surface area (Å²) in [5, 5.41) is 1.56. The fraction of sp³-hybridized carbons (Fsp3) is 0.300. The summed E-state index contributed by atoms with van der Waals surface area (Å²) in [4.78, 5) is 0. The topological polar surface area (TPSA) is 0 Å². The minimum absolute atomic E-state index is 0. The molecule has 1 aromatic carbocycles. The van der Waals surface area contributed by atoms with E-state index in [1.165, 1.54) is 0 Å². The van der Waals surface area contributed by atoms with Gasteiger partial charge in [-0.15, -0.1) is 0 Å². The maximum absolute atomic E-state index is 2.36. The van der Waals surface area contributed by atoms with Gasteiger partial charge in [0.2, 0.25) is 0 Å². The van der Waals surface area contributed by atoms with Gasteiger partial charge in [-0.3, -0.25) is 0 Å². The van der Waals surface area contributed by atoms with Gasteiger partial charge in [-0.05, 0) is 0 Å². The summed E-state index contributed by atoms with van der Waals surface area (Å²) in [5.74, 6) is 0. The first kappa shape index (κ1) is 18.3. The zero-order chi connectivity index (χ0) is 6.91. The Hall–Kier alpha value is 0.437. The molecule has 0 heterocycles. The van der Waals surface area contributed by atoms with Crippen LogP contribution in [-0.4, -0.2) is 8.07 Å². The van der Waals surface area contributed by atoms with E-state index in [1.807, 2.05) is 0 Å². The van der Waals surface area contributed by atoms with Crippen molar-refractivity contribution in [2.75, 3.05) is 0 Å². The van der Waals surface area contributed by atoms with Crippen LogP contribution in [-0.2, 0) is 25.8 Å². The zero-order valence-electron chi connectivity index (χ0n) is 8.81. The van der Waals surface area contributed by atoms with Crippen molar-refractivity contribution in [3.63, 3.8) is 0 Å². The van der Waals surface area contributed by atoms with Gasteiger partial charge in [-0.25, -0.2) is 11.3 Å². The second-order valence-corrected chi connectivity index (χ2v) is 8.50. The summed E-state index contributed by atoms with van der Waals surface area (Å²) in [7, 11) is -0.981. The monoisotopic (exact) mass is 347 g/mol. The largest absolute Gasteiger partial charge is 0.358 e. The molecule has 0 aliphatic carbocycles. The third-order valence-electron chi connectivity index (χ3n) is 1.53. The summed E-state index contributed by atoms with van der Waals surface area (Å²) in [6, 6.07) is 8.69. The third kappa shape index (κ3) is 5.15. The van der Waals surface area contributed by atoms with Crippen LogP contribution in [0.25, 0.3) is 0 Å². The van der Waals surface area contributed by atoms with Crippen LogP contribution in [0.15, 0.2) is 24.3 Å². The Labute approximate surface area is 97.5 Å². The van der Waals surface area contributed by atoms with E-state index in [2.05, 4.69) is 43.9 Å². The SMILES string of the molecule is C[Si](C)(C)c1cc[cH-]c1.[CH3-].[CH3-].[Hf]. The second kappa shape index (κ2) is 6.90. The predicted octanol–water partition coefficient (Wildman–Crippen LogP) is 2.85. The fourth-order valence-electron chi connectivity index (χ4n) is 0.874. The summed E-state index contributed by atoms with van der Waals surface area (Å²) in [6.07, 6.45) is 0. The minimum Gasteiger partial charge on any atom is -0.358 e. The van der Waals surface area contributed by atoms with Crippen LogP contribution in [0.2, 0.25) is 19.6 Å². The first-order valence-electron chi connectivity index (χ1n) is 3.33. The van der Waals surface area contributed by atoms with Gasteiger partial charge in [0.25, 0.3) is 0 Å². The molecule has 0 unspecified atom stereocenters. The summed E-state index contributed by atoms with van der Waals surface area (Å²) < 4.78 is 0. The van der Waals surface area contributed by atoms with Crippen molar-refractivity contribution >= 4 is 13.3 Å². The minimum atomic E-state index is -0.981. The van der Waals surface area contributed by atoms with Crippen molar-refractivity contribution in [1.29, 1.82) is 0 Å². The molecule has 0 aliphatic heterocycles. The maximum Gasteiger partial charge on any atom is 0.00392 e. The molecular formula is C10H19HfSi-3. The smallest absolute Gasteiger partial charge is 0.00392 e. The fourth-order valence-corrected chi connectivity index (χ4v) is 2.07. The quantitative estimate of drug-likeness (QED) is 0.542. The van der Waals surface area contributed by atoms with E-state index in [9.17, 15) is 0 Å². The van der Waals surface area contributed by atoms with Crippen molar-refractivity contribution in [3.05, 3.63) is 39.1 Å². The van der Waals surface area contributed by atoms with Crippen LogP contribution in [0, 0.1) is 14.9 Å². The number of rotatable bonds is 1. The van der Waals surface area contributed by atoms with Crippen molar-refractivity contribution in [3.8, 4) is 0 Å². The van der Waals surface area contributed by atoms with Crippen LogP contribution in [0.1, 0.15) is 0 Å². The summed E-state index contributed by atoms with van der Waals surface area (Å²) in [5.41, 5.74) is 0. The number of hydrogen-bond donors (Lipinski definition) is 0. The summed E-state index contributed by atoms with van der Waals surface area (Å²) >= 11 is 0. The number of hydrogen-bond acceptors (Lipinski definition) is 0. The Kier molecular flexibility index (Phi) is 10.5. The Bertz CT molecular complexity index is 172. The van der Waals surface area contributed by atoms with E-state index in [-0.39, 0.29) is 40.7 Å². The van der Waals surface area contributed by atoms with Crippen LogP contribution >= 0.6 is 0 Å². The first-order valence-corrected chi connectivity index (χ1v) is 6.83. The van der Waals surface area contributed by atoms with Gasteiger partial charge in [0.15, 0.2) is 0 Å². The first-order chi connectivity index (χ1) is 4.11. The molecule has 0 saturated heterocycles. The molecule has 1 rings (SSSR count). The third-order valence-corrected chi connectivity index (χ3v) is 3.59. The maximum atomic E-state index is 2.36. The van der Waals surface area contributed by atoms with E-state index in [4.69, 9.17) is 0 Å². The zero-order valence-corrected chi connectivity index (χ0v) is 13.4. The average molecular weight is 346 g/mol. The molecule has 0 aromatic heterocycles. The van der Waals surface area contributed by atoms with E-state index >= 15 is 0 Å². The molecule has 0 radical (unpaired) electrons. The van der Waals surface area contributed by atoms with E-state index < -0.39 is 8.07 Å². The van der Waals surface area contributed by atoms with Crippen molar-refractivity contribution in [2.45, 2.75) is 19.6 Å². The Morgan fingerprint density at radius 1 is 1.17 bits per heavy atom. The van der Waals surface area contributed by atoms with E-state index in [0.717, 1.165) is 0 Å². The summed E-state index contributed by atoms with van der Waals surface area (Å²) in [6.45, 7) is 7.09. The van der Waals surface area contributed by atoms with E-state index in [0.29, 0.717) is 0 Å². The second-order valence-electron chi connectivity index (χ2n) is 3.42. The molecule has 0 spiro atoms. The molecule has 0 aliphatic rings. The molecule has 0 fully saturated rings. The van der Waals surface area contributed by atoms with Crippen molar-refractivity contribution in [1.82, 2.24) is 0 Å². The molecule has 0 N–H and O–H groups in total. The van der Waals surface area contributed by atoms with Gasteiger partial charge in [0.05, 0.1) is 0 Å². The van der Waals surface area contributed by atoms with Crippen molar-refractivity contribution in [2.24, 2.45) is 0 Å². The molecule has 2 heteroatoms. The van der Waals surface area contributed by atoms with Gasteiger partial charge >= 0.3 is 0 Å². The Morgan fingerprint density at radius 3 is 1.83 bits per heavy atom. The average Bonchev–Trinajstić information content (AvgIpc) is 2.08. The van der Waals surface area contributed by atoms with Gasteiger partial charge in [0, 0.05) is 33.9 Å². The molecule has 0 saturated carbocycles. The Balaban J connectivity index is -0.000000270. The molecular weight excluding hydrogens is 327 g/mol. The molecule has 0 atom stereocenters. The molecule has 12 heavy (non-hydrogen) atoms. The van der Waals surface area contributed by atoms with Crippen LogP contribution in [0.5, 0.6) is 0 Å². The Morgan fingerprint density at radius 2 is 1.67 bits per heavy atom. The van der Waals surface area contributed by atoms with Gasteiger partial charge in [-0.2, -0.15) is 18.2 Å². The molecule has 70 valence electrons. The molecule has 1 aromatic rings. The predicted molar refractivity (Wildman–Crippen MR) is 57.8 cm³/mol. The molecule has 0 amide bonds. The normalized spacial score (nSPS) is 8.92. The molecule has 0 nitrogen and oxygen atoms in total. The van der Waals surface area contributed by atoms with Gasteiger partial charge in [0.1, 0.15) is 0 Å². The van der Waals surface area contributed by atoms with Crippen LogP contribution in [0.4, 0.5) is 0 Å². The van der Waals surface area contributed by atoms with Gasteiger partial charge < -0.3 is 14.9 Å². The van der Waals surface area contributed by atoms with Gasteiger partial charge in [-0.1, -0.05) is 19.6 Å². The van der Waals surface area contributed by atoms with Crippen LogP contribution < -0.4 is 5.19 Å². The van der Waals surface area contributed by atoms with Crippen LogP contribution in [0.3, 0.4) is 0 Å². The van der Waals surface area contributed by atoms with E-state index in [1.54, 1.807) is 5.19 Å². The standard InChI is InChI=1S/C8H13Si.2CH3.Hf/c1-9(2,3)8-6-4-5-7-8;;;/h4-7H,1-3H3;2*1H3;/q3*-1;.